The van der Waals surface area contributed by atoms with Crippen LogP contribution in [-0.2, 0) is 17.6 Å². The number of carbonyl (C=O) groups is 1. The fourth-order valence-corrected chi connectivity index (χ4v) is 2.45. The van der Waals surface area contributed by atoms with E-state index in [1.54, 1.807) is 7.11 Å². The van der Waals surface area contributed by atoms with Crippen LogP contribution in [0.5, 0.6) is 5.75 Å². The highest BCUT2D eigenvalue weighted by Crippen LogP contribution is 2.19. The van der Waals surface area contributed by atoms with E-state index >= 15 is 0 Å². The van der Waals surface area contributed by atoms with Gasteiger partial charge in [-0.05, 0) is 43.0 Å². The van der Waals surface area contributed by atoms with Crippen LogP contribution in [-0.4, -0.2) is 18.2 Å². The van der Waals surface area contributed by atoms with Crippen molar-refractivity contribution in [2.45, 2.75) is 19.8 Å². The van der Waals surface area contributed by atoms with Crippen LogP contribution in [0, 0.1) is 12.8 Å². The highest BCUT2D eigenvalue weighted by Gasteiger charge is 2.19. The van der Waals surface area contributed by atoms with Crippen LogP contribution in [0.15, 0.2) is 48.5 Å². The zero-order valence-electron chi connectivity index (χ0n) is 12.4. The monoisotopic (exact) mass is 284 g/mol. The molecule has 0 heterocycles. The Morgan fingerprint density at radius 1 is 1.10 bits per heavy atom. The Hall–Kier alpha value is -2.29. The molecule has 0 bridgehead atoms. The van der Waals surface area contributed by atoms with E-state index in [4.69, 9.17) is 4.74 Å². The van der Waals surface area contributed by atoms with Crippen molar-refractivity contribution in [1.29, 1.82) is 0 Å². The first-order valence-electron chi connectivity index (χ1n) is 7.00. The van der Waals surface area contributed by atoms with Crippen molar-refractivity contribution in [2.24, 2.45) is 5.92 Å². The van der Waals surface area contributed by atoms with Gasteiger partial charge in [0, 0.05) is 0 Å². The third kappa shape index (κ3) is 4.35. The molecule has 0 aliphatic rings. The molecule has 2 rings (SSSR count). The molecule has 3 nitrogen and oxygen atoms in total. The molecule has 0 aromatic heterocycles. The Labute approximate surface area is 125 Å². The Kier molecular flexibility index (Phi) is 4.99. The molecule has 1 N–H and O–H groups in total. The van der Waals surface area contributed by atoms with Gasteiger partial charge >= 0.3 is 5.97 Å². The molecule has 0 spiro atoms. The zero-order chi connectivity index (χ0) is 15.2. The molecule has 0 amide bonds. The van der Waals surface area contributed by atoms with Crippen molar-refractivity contribution >= 4 is 5.97 Å². The lowest BCUT2D eigenvalue weighted by Crippen LogP contribution is -2.19. The fraction of sp³-hybridized carbons (Fsp3) is 0.278. The molecule has 3 heteroatoms. The smallest absolute Gasteiger partial charge is 0.307 e. The normalized spacial score (nSPS) is 11.9. The third-order valence-corrected chi connectivity index (χ3v) is 3.53. The number of carboxylic acids is 1. The summed E-state index contributed by atoms with van der Waals surface area (Å²) in [4.78, 5) is 11.5. The summed E-state index contributed by atoms with van der Waals surface area (Å²) in [5, 5.41) is 9.46. The topological polar surface area (TPSA) is 46.5 Å². The maximum atomic E-state index is 11.5. The summed E-state index contributed by atoms with van der Waals surface area (Å²) >= 11 is 0. The second-order valence-corrected chi connectivity index (χ2v) is 5.28. The van der Waals surface area contributed by atoms with Crippen LogP contribution in [0.25, 0.3) is 0 Å². The second kappa shape index (κ2) is 6.93. The quantitative estimate of drug-likeness (QED) is 0.883. The van der Waals surface area contributed by atoms with Crippen LogP contribution >= 0.6 is 0 Å². The molecular weight excluding hydrogens is 264 g/mol. The summed E-state index contributed by atoms with van der Waals surface area (Å²) in [6.07, 6.45) is 1.04. The average Bonchev–Trinajstić information content (AvgIpc) is 2.47. The van der Waals surface area contributed by atoms with E-state index in [1.807, 2.05) is 55.5 Å². The van der Waals surface area contributed by atoms with Gasteiger partial charge in [0.2, 0.25) is 0 Å². The maximum absolute atomic E-state index is 11.5. The third-order valence-electron chi connectivity index (χ3n) is 3.53. The molecule has 2 aromatic carbocycles. The van der Waals surface area contributed by atoms with Crippen molar-refractivity contribution in [3.8, 4) is 5.75 Å². The second-order valence-electron chi connectivity index (χ2n) is 5.28. The van der Waals surface area contributed by atoms with Gasteiger partial charge in [-0.25, -0.2) is 0 Å². The van der Waals surface area contributed by atoms with E-state index in [9.17, 15) is 9.90 Å². The number of benzene rings is 2. The van der Waals surface area contributed by atoms with E-state index < -0.39 is 11.9 Å². The molecule has 0 fully saturated rings. The molecule has 0 aliphatic carbocycles. The maximum Gasteiger partial charge on any atom is 0.307 e. The van der Waals surface area contributed by atoms with Crippen molar-refractivity contribution in [3.05, 3.63) is 65.2 Å². The number of aliphatic carboxylic acids is 1. The van der Waals surface area contributed by atoms with Crippen LogP contribution < -0.4 is 4.74 Å². The standard InChI is InChI=1S/C18H20O3/c1-13-5-3-6-14(9-13)10-16(18(19)20)11-15-7-4-8-17(12-15)21-2/h3-9,12,16H,10-11H2,1-2H3,(H,19,20). The van der Waals surface area contributed by atoms with Crippen LogP contribution in [0.2, 0.25) is 0 Å². The number of methoxy groups -OCH3 is 1. The number of aryl methyl sites for hydroxylation is 1. The molecule has 21 heavy (non-hydrogen) atoms. The Morgan fingerprint density at radius 2 is 1.71 bits per heavy atom. The van der Waals surface area contributed by atoms with Crippen molar-refractivity contribution < 1.29 is 14.6 Å². The number of hydrogen-bond donors (Lipinski definition) is 1. The summed E-state index contributed by atoms with van der Waals surface area (Å²) in [7, 11) is 1.61. The van der Waals surface area contributed by atoms with Gasteiger partial charge in [0.05, 0.1) is 13.0 Å². The molecule has 1 atom stereocenters. The number of carboxylic acid groups (broad SMARTS) is 1. The average molecular weight is 284 g/mol. The van der Waals surface area contributed by atoms with Gasteiger partial charge in [0.25, 0.3) is 0 Å². The molecule has 0 aliphatic heterocycles. The van der Waals surface area contributed by atoms with E-state index in [1.165, 1.54) is 0 Å². The summed E-state index contributed by atoms with van der Waals surface area (Å²) < 4.78 is 5.18. The lowest BCUT2D eigenvalue weighted by molar-refractivity contribution is -0.141. The van der Waals surface area contributed by atoms with Crippen molar-refractivity contribution in [2.75, 3.05) is 7.11 Å². The highest BCUT2D eigenvalue weighted by atomic mass is 16.5. The summed E-state index contributed by atoms with van der Waals surface area (Å²) in [6, 6.07) is 15.6. The predicted molar refractivity (Wildman–Crippen MR) is 82.7 cm³/mol. The molecule has 0 saturated heterocycles. The lowest BCUT2D eigenvalue weighted by atomic mass is 9.92. The Balaban J connectivity index is 2.13. The molecule has 1 unspecified atom stereocenters. The Morgan fingerprint density at radius 3 is 2.29 bits per heavy atom. The minimum atomic E-state index is -0.765. The first kappa shape index (κ1) is 15.1. The first-order chi connectivity index (χ1) is 10.1. The van der Waals surface area contributed by atoms with Gasteiger partial charge in [-0.2, -0.15) is 0 Å². The van der Waals surface area contributed by atoms with Gasteiger partial charge in [-0.15, -0.1) is 0 Å². The van der Waals surface area contributed by atoms with Gasteiger partial charge in [-0.1, -0.05) is 42.0 Å². The number of rotatable bonds is 6. The van der Waals surface area contributed by atoms with E-state index in [0.717, 1.165) is 22.4 Å². The molecule has 110 valence electrons. The summed E-state index contributed by atoms with van der Waals surface area (Å²) in [6.45, 7) is 2.02. The summed E-state index contributed by atoms with van der Waals surface area (Å²) in [5.74, 6) is -0.439. The van der Waals surface area contributed by atoms with Gasteiger partial charge in [0.1, 0.15) is 5.75 Å². The SMILES string of the molecule is COc1cccc(CC(Cc2cccc(C)c2)C(=O)O)c1. The van der Waals surface area contributed by atoms with Crippen molar-refractivity contribution in [3.63, 3.8) is 0 Å². The lowest BCUT2D eigenvalue weighted by Gasteiger charge is -2.13. The minimum Gasteiger partial charge on any atom is -0.497 e. The van der Waals surface area contributed by atoms with Gasteiger partial charge < -0.3 is 9.84 Å². The zero-order valence-corrected chi connectivity index (χ0v) is 12.4. The van der Waals surface area contributed by atoms with E-state index in [2.05, 4.69) is 0 Å². The van der Waals surface area contributed by atoms with E-state index in [0.29, 0.717) is 12.8 Å². The largest absolute Gasteiger partial charge is 0.497 e. The number of hydrogen-bond acceptors (Lipinski definition) is 2. The van der Waals surface area contributed by atoms with Crippen LogP contribution in [0.1, 0.15) is 16.7 Å². The van der Waals surface area contributed by atoms with Crippen LogP contribution in [0.4, 0.5) is 0 Å². The molecule has 2 aromatic rings. The minimum absolute atomic E-state index is 0.432. The van der Waals surface area contributed by atoms with E-state index in [-0.39, 0.29) is 0 Å². The summed E-state index contributed by atoms with van der Waals surface area (Å²) in [5.41, 5.74) is 3.19. The predicted octanol–water partition coefficient (Wildman–Crippen LogP) is 3.49. The Bertz CT molecular complexity index is 619. The van der Waals surface area contributed by atoms with Crippen LogP contribution in [0.3, 0.4) is 0 Å². The number of ether oxygens (including phenoxy) is 1. The first-order valence-corrected chi connectivity index (χ1v) is 7.00. The van der Waals surface area contributed by atoms with Gasteiger partial charge in [0.15, 0.2) is 0 Å². The van der Waals surface area contributed by atoms with Crippen molar-refractivity contribution in [1.82, 2.24) is 0 Å². The molecule has 0 saturated carbocycles. The fourth-order valence-electron chi connectivity index (χ4n) is 2.45. The molecular formula is C18H20O3. The highest BCUT2D eigenvalue weighted by molar-refractivity contribution is 5.71. The molecule has 0 radical (unpaired) electrons. The van der Waals surface area contributed by atoms with Gasteiger partial charge in [-0.3, -0.25) is 4.79 Å².